The average molecular weight is 301 g/mol. The van der Waals surface area contributed by atoms with E-state index in [4.69, 9.17) is 5.73 Å². The summed E-state index contributed by atoms with van der Waals surface area (Å²) in [5, 5.41) is 4.76. The summed E-state index contributed by atoms with van der Waals surface area (Å²) in [5.41, 5.74) is 6.86. The Morgan fingerprint density at radius 2 is 1.95 bits per heavy atom. The van der Waals surface area contributed by atoms with E-state index in [2.05, 4.69) is 17.9 Å². The molecule has 21 heavy (non-hydrogen) atoms. The summed E-state index contributed by atoms with van der Waals surface area (Å²) in [6.45, 7) is 0. The molecule has 0 aliphatic rings. The molecule has 2 atom stereocenters. The van der Waals surface area contributed by atoms with Crippen LogP contribution in [0.5, 0.6) is 0 Å². The van der Waals surface area contributed by atoms with Gasteiger partial charge in [-0.2, -0.15) is 12.6 Å². The van der Waals surface area contributed by atoms with Gasteiger partial charge in [0.25, 0.3) is 0 Å². The predicted octanol–water partition coefficient (Wildman–Crippen LogP) is 1.23. The normalized spacial score (nSPS) is 13.6. The number of hydrogen-bond acceptors (Lipinski definition) is 4. The highest BCUT2D eigenvalue weighted by Gasteiger charge is 2.17. The van der Waals surface area contributed by atoms with Crippen LogP contribution in [-0.2, 0) is 16.0 Å². The van der Waals surface area contributed by atoms with Gasteiger partial charge in [0, 0.05) is 5.75 Å². The lowest BCUT2D eigenvalue weighted by Gasteiger charge is -2.15. The van der Waals surface area contributed by atoms with Crippen molar-refractivity contribution in [2.45, 2.75) is 18.5 Å². The fourth-order valence-electron chi connectivity index (χ4n) is 2.10. The van der Waals surface area contributed by atoms with Gasteiger partial charge in [-0.3, -0.25) is 9.59 Å². The number of nitrogens with two attached hydrogens (primary N) is 1. The minimum atomic E-state index is -0.719. The second-order valence-corrected chi connectivity index (χ2v) is 5.22. The lowest BCUT2D eigenvalue weighted by atomic mass is 10.0. The van der Waals surface area contributed by atoms with E-state index < -0.39 is 12.1 Å². The Labute approximate surface area is 129 Å². The number of rotatable bonds is 6. The molecule has 2 aromatic carbocycles. The maximum Gasteiger partial charge on any atom is 0.237 e. The molecule has 0 heterocycles. The first-order valence-corrected chi connectivity index (χ1v) is 7.29. The van der Waals surface area contributed by atoms with Gasteiger partial charge in [-0.05, 0) is 22.8 Å². The first-order valence-electron chi connectivity index (χ1n) is 6.66. The zero-order valence-electron chi connectivity index (χ0n) is 11.5. The third-order valence-electron chi connectivity index (χ3n) is 3.25. The van der Waals surface area contributed by atoms with Gasteiger partial charge < -0.3 is 11.1 Å². The highest BCUT2D eigenvalue weighted by atomic mass is 32.1. The summed E-state index contributed by atoms with van der Waals surface area (Å²) in [7, 11) is 0. The van der Waals surface area contributed by atoms with Crippen molar-refractivity contribution in [3.63, 3.8) is 0 Å². The van der Waals surface area contributed by atoms with Crippen LogP contribution in [0.25, 0.3) is 10.8 Å². The highest BCUT2D eigenvalue weighted by molar-refractivity contribution is 7.80. The summed E-state index contributed by atoms with van der Waals surface area (Å²) < 4.78 is 0. The smallest absolute Gasteiger partial charge is 0.237 e. The molecule has 1 radical (unpaired) electrons. The van der Waals surface area contributed by atoms with Crippen molar-refractivity contribution < 1.29 is 9.59 Å². The van der Waals surface area contributed by atoms with Crippen molar-refractivity contribution in [3.8, 4) is 0 Å². The van der Waals surface area contributed by atoms with Gasteiger partial charge in [0.1, 0.15) is 6.04 Å². The zero-order valence-corrected chi connectivity index (χ0v) is 12.3. The number of thiol groups is 1. The first-order chi connectivity index (χ1) is 10.1. The first kappa shape index (κ1) is 15.5. The van der Waals surface area contributed by atoms with E-state index in [1.807, 2.05) is 42.5 Å². The Kier molecular flexibility index (Phi) is 5.36. The van der Waals surface area contributed by atoms with Gasteiger partial charge in [-0.25, -0.2) is 0 Å². The fraction of sp³-hybridized carbons (Fsp3) is 0.250. The van der Waals surface area contributed by atoms with Gasteiger partial charge in [-0.15, -0.1) is 0 Å². The van der Waals surface area contributed by atoms with Crippen LogP contribution in [0, 0.1) is 0 Å². The molecular weight excluding hydrogens is 284 g/mol. The fourth-order valence-corrected chi connectivity index (χ4v) is 2.27. The van der Waals surface area contributed by atoms with E-state index in [1.165, 1.54) is 0 Å². The number of fused-ring (bicyclic) bond motifs is 1. The van der Waals surface area contributed by atoms with Crippen LogP contribution in [-0.4, -0.2) is 30.0 Å². The van der Waals surface area contributed by atoms with Crippen molar-refractivity contribution in [1.82, 2.24) is 5.32 Å². The molecule has 0 aliphatic heterocycles. The Bertz CT molecular complexity index is 645. The van der Waals surface area contributed by atoms with Crippen molar-refractivity contribution in [3.05, 3.63) is 48.0 Å². The SMILES string of the molecule is N[C@H](Cc1ccc2ccccc2c1)C(=O)N[C@H]([C]=O)CS. The van der Waals surface area contributed by atoms with E-state index in [0.717, 1.165) is 16.3 Å². The van der Waals surface area contributed by atoms with E-state index in [-0.39, 0.29) is 11.7 Å². The number of carbonyl (C=O) groups excluding carboxylic acids is 2. The maximum atomic E-state index is 11.9. The topological polar surface area (TPSA) is 72.2 Å². The second kappa shape index (κ2) is 7.24. The van der Waals surface area contributed by atoms with Crippen molar-refractivity contribution in [1.29, 1.82) is 0 Å². The van der Waals surface area contributed by atoms with E-state index in [9.17, 15) is 9.59 Å². The molecule has 5 heteroatoms. The Hall–Kier alpha value is -1.85. The number of amides is 1. The van der Waals surface area contributed by atoms with Gasteiger partial charge in [0.15, 0.2) is 0 Å². The Morgan fingerprint density at radius 1 is 1.24 bits per heavy atom. The zero-order chi connectivity index (χ0) is 15.2. The summed E-state index contributed by atoms with van der Waals surface area (Å²) in [6, 6.07) is 12.5. The summed E-state index contributed by atoms with van der Waals surface area (Å²) in [5.74, 6) is -0.164. The Morgan fingerprint density at radius 3 is 2.62 bits per heavy atom. The third kappa shape index (κ3) is 4.06. The molecule has 0 saturated heterocycles. The van der Waals surface area contributed by atoms with Crippen LogP contribution in [0.1, 0.15) is 5.56 Å². The minimum Gasteiger partial charge on any atom is -0.344 e. The lowest BCUT2D eigenvalue weighted by Crippen LogP contribution is -2.47. The minimum absolute atomic E-state index is 0.206. The van der Waals surface area contributed by atoms with Crippen LogP contribution in [0.4, 0.5) is 0 Å². The number of benzene rings is 2. The molecule has 0 unspecified atom stereocenters. The third-order valence-corrected chi connectivity index (χ3v) is 3.61. The van der Waals surface area contributed by atoms with Crippen molar-refractivity contribution in [2.24, 2.45) is 5.73 Å². The average Bonchev–Trinajstić information content (AvgIpc) is 2.52. The molecule has 0 aromatic heterocycles. The predicted molar refractivity (Wildman–Crippen MR) is 87.1 cm³/mol. The van der Waals surface area contributed by atoms with Gasteiger partial charge in [0.2, 0.25) is 12.2 Å². The van der Waals surface area contributed by atoms with Crippen LogP contribution in [0.15, 0.2) is 42.5 Å². The molecule has 0 fully saturated rings. The van der Waals surface area contributed by atoms with Crippen molar-refractivity contribution >= 4 is 35.6 Å². The van der Waals surface area contributed by atoms with Gasteiger partial charge in [0.05, 0.1) is 6.04 Å². The van der Waals surface area contributed by atoms with Crippen LogP contribution in [0.3, 0.4) is 0 Å². The standard InChI is InChI=1S/C16H17N2O2S/c17-15(16(20)18-14(9-19)10-21)8-11-5-6-12-3-1-2-4-13(12)7-11/h1-7,14-15,21H,8,10,17H2,(H,18,20)/t14-,15-/m1/s1. The van der Waals surface area contributed by atoms with E-state index >= 15 is 0 Å². The molecule has 0 saturated carbocycles. The molecule has 3 N–H and O–H groups in total. The summed E-state index contributed by atoms with van der Waals surface area (Å²) >= 11 is 3.96. The molecule has 0 spiro atoms. The molecule has 2 aromatic rings. The Balaban J connectivity index is 2.05. The quantitative estimate of drug-likeness (QED) is 0.703. The largest absolute Gasteiger partial charge is 0.344 e. The molecule has 1 amide bonds. The van der Waals surface area contributed by atoms with Gasteiger partial charge in [-0.1, -0.05) is 42.5 Å². The molecular formula is C16H17N2O2S. The second-order valence-electron chi connectivity index (χ2n) is 4.85. The maximum absolute atomic E-state index is 11.9. The van der Waals surface area contributed by atoms with Gasteiger partial charge >= 0.3 is 0 Å². The number of nitrogens with one attached hydrogen (secondary N) is 1. The summed E-state index contributed by atoms with van der Waals surface area (Å²) in [6.07, 6.45) is 2.12. The van der Waals surface area contributed by atoms with Crippen molar-refractivity contribution in [2.75, 3.05) is 5.75 Å². The lowest BCUT2D eigenvalue weighted by molar-refractivity contribution is -0.122. The van der Waals surface area contributed by atoms with Crippen LogP contribution in [0.2, 0.25) is 0 Å². The number of carbonyl (C=O) groups is 1. The molecule has 0 aliphatic carbocycles. The van der Waals surface area contributed by atoms with E-state index in [1.54, 1.807) is 6.29 Å². The van der Waals surface area contributed by atoms with E-state index in [0.29, 0.717) is 6.42 Å². The van der Waals surface area contributed by atoms with Crippen LogP contribution < -0.4 is 11.1 Å². The molecule has 109 valence electrons. The monoisotopic (exact) mass is 301 g/mol. The number of hydrogen-bond donors (Lipinski definition) is 3. The molecule has 0 bridgehead atoms. The molecule has 4 nitrogen and oxygen atoms in total. The van der Waals surface area contributed by atoms with Crippen LogP contribution >= 0.6 is 12.6 Å². The molecule has 2 rings (SSSR count). The summed E-state index contributed by atoms with van der Waals surface area (Å²) in [4.78, 5) is 22.5. The highest BCUT2D eigenvalue weighted by Crippen LogP contribution is 2.16.